The van der Waals surface area contributed by atoms with Gasteiger partial charge in [0.2, 0.25) is 0 Å². The van der Waals surface area contributed by atoms with Gasteiger partial charge < -0.3 is 4.57 Å². The molecule has 0 aromatic carbocycles. The number of halogens is 2. The zero-order valence-electron chi connectivity index (χ0n) is 11.2. The van der Waals surface area contributed by atoms with E-state index in [1.54, 1.807) is 11.3 Å². The Bertz CT molecular complexity index is 758. The predicted octanol–water partition coefficient (Wildman–Crippen LogP) is 3.73. The summed E-state index contributed by atoms with van der Waals surface area (Å²) in [5.41, 5.74) is 2.99. The fourth-order valence-corrected chi connectivity index (χ4v) is 4.04. The Kier molecular flexibility index (Phi) is 3.88. The Labute approximate surface area is 134 Å². The van der Waals surface area contributed by atoms with Gasteiger partial charge in [-0.2, -0.15) is 5.10 Å². The quantitative estimate of drug-likeness (QED) is 0.653. The largest absolute Gasteiger partial charge is 0.308 e. The molecule has 0 atom stereocenters. The fourth-order valence-electron chi connectivity index (χ4n) is 2.40. The van der Waals surface area contributed by atoms with E-state index in [-0.39, 0.29) is 0 Å². The number of rotatable bonds is 4. The van der Waals surface area contributed by atoms with Gasteiger partial charge in [-0.25, -0.2) is 4.98 Å². The standard InChI is InChI=1S/C13H14BrClN4S/c1-8-12-13(18(2)17-8)19(11(16-12)3-5-15)7-10-9(14)4-6-20-10/h4,6H,3,5,7H2,1-2H3. The van der Waals surface area contributed by atoms with Crippen LogP contribution in [0.1, 0.15) is 16.4 Å². The molecule has 0 aliphatic rings. The average molecular weight is 374 g/mol. The lowest BCUT2D eigenvalue weighted by molar-refractivity contribution is 0.695. The molecule has 0 spiro atoms. The molecule has 0 N–H and O–H groups in total. The van der Waals surface area contributed by atoms with Crippen molar-refractivity contribution in [3.63, 3.8) is 0 Å². The Morgan fingerprint density at radius 3 is 2.90 bits per heavy atom. The highest BCUT2D eigenvalue weighted by molar-refractivity contribution is 9.10. The molecule has 0 radical (unpaired) electrons. The highest BCUT2D eigenvalue weighted by Crippen LogP contribution is 2.27. The first-order valence-electron chi connectivity index (χ1n) is 6.28. The van der Waals surface area contributed by atoms with Crippen LogP contribution in [0.2, 0.25) is 0 Å². The molecule has 0 bridgehead atoms. The third-order valence-corrected chi connectivity index (χ3v) is 5.38. The molecule has 0 saturated carbocycles. The van der Waals surface area contributed by atoms with Crippen molar-refractivity contribution in [2.24, 2.45) is 7.05 Å². The molecule has 3 aromatic heterocycles. The lowest BCUT2D eigenvalue weighted by Crippen LogP contribution is -2.08. The minimum absolute atomic E-state index is 0.571. The van der Waals surface area contributed by atoms with E-state index < -0.39 is 0 Å². The molecule has 3 rings (SSSR count). The van der Waals surface area contributed by atoms with Crippen LogP contribution in [0.4, 0.5) is 0 Å². The van der Waals surface area contributed by atoms with Crippen LogP contribution in [0.15, 0.2) is 15.9 Å². The number of thiophene rings is 1. The van der Waals surface area contributed by atoms with Crippen molar-refractivity contribution in [3.8, 4) is 0 Å². The monoisotopic (exact) mass is 372 g/mol. The molecular weight excluding hydrogens is 360 g/mol. The van der Waals surface area contributed by atoms with Gasteiger partial charge in [-0.1, -0.05) is 0 Å². The predicted molar refractivity (Wildman–Crippen MR) is 86.8 cm³/mol. The maximum atomic E-state index is 5.91. The van der Waals surface area contributed by atoms with Gasteiger partial charge in [-0.15, -0.1) is 22.9 Å². The lowest BCUT2D eigenvalue weighted by Gasteiger charge is -2.08. The van der Waals surface area contributed by atoms with Gasteiger partial charge in [-0.05, 0) is 34.3 Å². The van der Waals surface area contributed by atoms with Crippen LogP contribution in [0, 0.1) is 6.92 Å². The summed E-state index contributed by atoms with van der Waals surface area (Å²) in [5.74, 6) is 1.59. The second kappa shape index (κ2) is 5.50. The summed E-state index contributed by atoms with van der Waals surface area (Å²) in [6, 6.07) is 2.07. The number of nitrogens with zero attached hydrogens (tertiary/aromatic N) is 4. The number of hydrogen-bond acceptors (Lipinski definition) is 3. The van der Waals surface area contributed by atoms with Crippen LogP contribution in [0.25, 0.3) is 11.2 Å². The number of aryl methyl sites for hydroxylation is 3. The van der Waals surface area contributed by atoms with Crippen molar-refractivity contribution in [1.82, 2.24) is 19.3 Å². The van der Waals surface area contributed by atoms with Gasteiger partial charge in [-0.3, -0.25) is 4.68 Å². The molecule has 0 saturated heterocycles. The van der Waals surface area contributed by atoms with E-state index in [9.17, 15) is 0 Å². The first-order chi connectivity index (χ1) is 9.61. The van der Waals surface area contributed by atoms with E-state index in [4.69, 9.17) is 16.6 Å². The van der Waals surface area contributed by atoms with E-state index in [0.29, 0.717) is 5.88 Å². The molecule has 3 aromatic rings. The normalized spacial score (nSPS) is 11.6. The highest BCUT2D eigenvalue weighted by Gasteiger charge is 2.18. The summed E-state index contributed by atoms with van der Waals surface area (Å²) in [6.07, 6.45) is 0.763. The topological polar surface area (TPSA) is 35.6 Å². The third kappa shape index (κ3) is 2.29. The fraction of sp³-hybridized carbons (Fsp3) is 0.385. The SMILES string of the molecule is Cc1nn(C)c2c1nc(CCCl)n2Cc1sccc1Br. The van der Waals surface area contributed by atoms with Gasteiger partial charge in [0.15, 0.2) is 5.65 Å². The molecule has 106 valence electrons. The number of alkyl halides is 1. The van der Waals surface area contributed by atoms with Gasteiger partial charge in [0.05, 0.1) is 12.2 Å². The van der Waals surface area contributed by atoms with E-state index in [1.165, 1.54) is 4.88 Å². The van der Waals surface area contributed by atoms with Crippen LogP contribution < -0.4 is 0 Å². The van der Waals surface area contributed by atoms with Crippen LogP contribution in [0.5, 0.6) is 0 Å². The summed E-state index contributed by atoms with van der Waals surface area (Å²) < 4.78 is 5.26. The maximum Gasteiger partial charge on any atom is 0.159 e. The van der Waals surface area contributed by atoms with Crippen LogP contribution in [0.3, 0.4) is 0 Å². The molecular formula is C13H14BrClN4S. The molecule has 0 fully saturated rings. The number of imidazole rings is 1. The molecule has 0 amide bonds. The first kappa shape index (κ1) is 14.1. The molecule has 0 unspecified atom stereocenters. The van der Waals surface area contributed by atoms with Crippen molar-refractivity contribution < 1.29 is 0 Å². The molecule has 3 heterocycles. The van der Waals surface area contributed by atoms with E-state index in [2.05, 4.69) is 37.0 Å². The third-order valence-electron chi connectivity index (χ3n) is 3.28. The second-order valence-corrected chi connectivity index (χ2v) is 6.86. The van der Waals surface area contributed by atoms with Crippen molar-refractivity contribution in [2.45, 2.75) is 19.9 Å². The maximum absolute atomic E-state index is 5.91. The highest BCUT2D eigenvalue weighted by atomic mass is 79.9. The van der Waals surface area contributed by atoms with E-state index in [0.717, 1.165) is 40.1 Å². The van der Waals surface area contributed by atoms with Gasteiger partial charge >= 0.3 is 0 Å². The zero-order valence-corrected chi connectivity index (χ0v) is 14.4. The summed E-state index contributed by atoms with van der Waals surface area (Å²) in [6.45, 7) is 2.78. The Balaban J connectivity index is 2.15. The molecule has 0 aliphatic heterocycles. The van der Waals surface area contributed by atoms with Crippen molar-refractivity contribution in [2.75, 3.05) is 5.88 Å². The lowest BCUT2D eigenvalue weighted by atomic mass is 10.4. The summed E-state index contributed by atoms with van der Waals surface area (Å²) in [7, 11) is 1.96. The van der Waals surface area contributed by atoms with Crippen molar-refractivity contribution in [3.05, 3.63) is 32.3 Å². The average Bonchev–Trinajstić information content (AvgIpc) is 3.03. The summed E-state index contributed by atoms with van der Waals surface area (Å²) >= 11 is 11.2. The summed E-state index contributed by atoms with van der Waals surface area (Å²) in [5, 5.41) is 6.54. The zero-order chi connectivity index (χ0) is 14.3. The minimum Gasteiger partial charge on any atom is -0.308 e. The smallest absolute Gasteiger partial charge is 0.159 e. The van der Waals surface area contributed by atoms with Gasteiger partial charge in [0.25, 0.3) is 0 Å². The number of fused-ring (bicyclic) bond motifs is 1. The van der Waals surface area contributed by atoms with Crippen molar-refractivity contribution in [1.29, 1.82) is 0 Å². The molecule has 4 nitrogen and oxygen atoms in total. The van der Waals surface area contributed by atoms with E-state index in [1.807, 2.05) is 18.7 Å². The van der Waals surface area contributed by atoms with Gasteiger partial charge in [0, 0.05) is 28.7 Å². The molecule has 20 heavy (non-hydrogen) atoms. The minimum atomic E-state index is 0.571. The molecule has 0 aliphatic carbocycles. The Hall–Kier alpha value is -0.850. The second-order valence-electron chi connectivity index (χ2n) is 4.63. The van der Waals surface area contributed by atoms with Crippen LogP contribution in [-0.4, -0.2) is 25.2 Å². The Morgan fingerprint density at radius 2 is 2.25 bits per heavy atom. The number of hydrogen-bond donors (Lipinski definition) is 0. The number of aromatic nitrogens is 4. The van der Waals surface area contributed by atoms with Crippen LogP contribution in [-0.2, 0) is 20.0 Å². The Morgan fingerprint density at radius 1 is 1.45 bits per heavy atom. The van der Waals surface area contributed by atoms with Crippen molar-refractivity contribution >= 4 is 50.0 Å². The van der Waals surface area contributed by atoms with Crippen LogP contribution >= 0.6 is 38.9 Å². The first-order valence-corrected chi connectivity index (χ1v) is 8.49. The van der Waals surface area contributed by atoms with E-state index >= 15 is 0 Å². The summed E-state index contributed by atoms with van der Waals surface area (Å²) in [4.78, 5) is 5.99. The van der Waals surface area contributed by atoms with Gasteiger partial charge in [0.1, 0.15) is 11.3 Å². The molecule has 7 heteroatoms.